The van der Waals surface area contributed by atoms with Gasteiger partial charge in [0.25, 0.3) is 0 Å². The number of ether oxygens (including phenoxy) is 1. The van der Waals surface area contributed by atoms with Crippen molar-refractivity contribution < 1.29 is 18.7 Å². The minimum Gasteiger partial charge on any atom is -0.462 e. The number of carbonyl (C=O) groups excluding carboxylic acids is 2. The summed E-state index contributed by atoms with van der Waals surface area (Å²) < 4.78 is 18.0. The van der Waals surface area contributed by atoms with Crippen molar-refractivity contribution >= 4 is 17.6 Å². The first-order chi connectivity index (χ1) is 12.5. The van der Waals surface area contributed by atoms with Crippen molar-refractivity contribution in [3.05, 3.63) is 65.5 Å². The summed E-state index contributed by atoms with van der Waals surface area (Å²) in [6, 6.07) is 12.8. The zero-order valence-electron chi connectivity index (χ0n) is 15.0. The Hall–Kier alpha value is -2.73. The molecule has 0 fully saturated rings. The molecule has 0 spiro atoms. The second-order valence-corrected chi connectivity index (χ2v) is 6.06. The Balaban J connectivity index is 1.83. The van der Waals surface area contributed by atoms with E-state index in [-0.39, 0.29) is 24.2 Å². The molecule has 0 heterocycles. The number of hydrogen-bond acceptors (Lipinski definition) is 4. The highest BCUT2D eigenvalue weighted by Gasteiger charge is 2.10. The highest BCUT2D eigenvalue weighted by atomic mass is 19.1. The van der Waals surface area contributed by atoms with Gasteiger partial charge in [-0.2, -0.15) is 0 Å². The second-order valence-electron chi connectivity index (χ2n) is 6.06. The number of esters is 1. The monoisotopic (exact) mass is 358 g/mol. The molecule has 0 radical (unpaired) electrons. The molecular formula is C20H23FN2O3. The third kappa shape index (κ3) is 6.29. The van der Waals surface area contributed by atoms with Crippen LogP contribution in [0.25, 0.3) is 0 Å². The molecule has 0 aliphatic heterocycles. The van der Waals surface area contributed by atoms with Crippen LogP contribution in [-0.2, 0) is 16.1 Å². The van der Waals surface area contributed by atoms with E-state index in [1.165, 1.54) is 12.1 Å². The summed E-state index contributed by atoms with van der Waals surface area (Å²) >= 11 is 0. The van der Waals surface area contributed by atoms with E-state index in [4.69, 9.17) is 4.74 Å². The minimum atomic E-state index is -0.372. The highest BCUT2D eigenvalue weighted by Crippen LogP contribution is 2.11. The molecular weight excluding hydrogens is 335 g/mol. The van der Waals surface area contributed by atoms with E-state index in [2.05, 4.69) is 5.32 Å². The molecule has 1 amide bonds. The van der Waals surface area contributed by atoms with Gasteiger partial charge in [0, 0.05) is 12.2 Å². The molecule has 2 aromatic rings. The van der Waals surface area contributed by atoms with Gasteiger partial charge in [0.05, 0.1) is 18.7 Å². The van der Waals surface area contributed by atoms with E-state index in [1.807, 2.05) is 18.9 Å². The zero-order chi connectivity index (χ0) is 18.9. The van der Waals surface area contributed by atoms with Gasteiger partial charge in [-0.15, -0.1) is 0 Å². The smallest absolute Gasteiger partial charge is 0.338 e. The number of amides is 1. The fourth-order valence-corrected chi connectivity index (χ4v) is 2.37. The summed E-state index contributed by atoms with van der Waals surface area (Å²) in [7, 11) is 1.82. The standard InChI is InChI=1S/C20H23FN2O3/c1-3-12-26-20(25)16-6-10-18(11-7-16)22-19(24)14-23(2)13-15-4-8-17(21)9-5-15/h4-11H,3,12-14H2,1-2H3,(H,22,24). The number of anilines is 1. The number of halogens is 1. The molecule has 0 bridgehead atoms. The van der Waals surface area contributed by atoms with Crippen LogP contribution in [0.3, 0.4) is 0 Å². The SMILES string of the molecule is CCCOC(=O)c1ccc(NC(=O)CN(C)Cc2ccc(F)cc2)cc1. The van der Waals surface area contributed by atoms with E-state index in [1.54, 1.807) is 36.4 Å². The highest BCUT2D eigenvalue weighted by molar-refractivity contribution is 5.94. The van der Waals surface area contributed by atoms with Crippen LogP contribution in [-0.4, -0.2) is 37.0 Å². The quantitative estimate of drug-likeness (QED) is 0.734. The lowest BCUT2D eigenvalue weighted by molar-refractivity contribution is -0.117. The Morgan fingerprint density at radius 3 is 2.35 bits per heavy atom. The van der Waals surface area contributed by atoms with Gasteiger partial charge in [0.1, 0.15) is 5.82 Å². The maximum atomic E-state index is 12.9. The van der Waals surface area contributed by atoms with Gasteiger partial charge >= 0.3 is 5.97 Å². The minimum absolute atomic E-state index is 0.170. The normalized spacial score (nSPS) is 10.6. The largest absolute Gasteiger partial charge is 0.462 e. The van der Waals surface area contributed by atoms with E-state index in [0.717, 1.165) is 12.0 Å². The first-order valence-electron chi connectivity index (χ1n) is 8.48. The summed E-state index contributed by atoms with van der Waals surface area (Å²) in [6.45, 7) is 3.05. The maximum absolute atomic E-state index is 12.9. The van der Waals surface area contributed by atoms with Gasteiger partial charge in [0.15, 0.2) is 0 Å². The first kappa shape index (κ1) is 19.6. The molecule has 0 aliphatic carbocycles. The van der Waals surface area contributed by atoms with Crippen LogP contribution < -0.4 is 5.32 Å². The summed E-state index contributed by atoms with van der Waals surface area (Å²) in [5.74, 6) is -0.823. The van der Waals surface area contributed by atoms with Gasteiger partial charge in [-0.3, -0.25) is 9.69 Å². The van der Waals surface area contributed by atoms with E-state index in [0.29, 0.717) is 24.4 Å². The van der Waals surface area contributed by atoms with Crippen molar-refractivity contribution in [2.45, 2.75) is 19.9 Å². The van der Waals surface area contributed by atoms with Gasteiger partial charge < -0.3 is 10.1 Å². The van der Waals surface area contributed by atoms with Crippen molar-refractivity contribution in [3.63, 3.8) is 0 Å². The maximum Gasteiger partial charge on any atom is 0.338 e. The van der Waals surface area contributed by atoms with E-state index in [9.17, 15) is 14.0 Å². The molecule has 26 heavy (non-hydrogen) atoms. The predicted molar refractivity (Wildman–Crippen MR) is 98.4 cm³/mol. The molecule has 0 aliphatic rings. The van der Waals surface area contributed by atoms with Gasteiger partial charge in [-0.25, -0.2) is 9.18 Å². The van der Waals surface area contributed by atoms with Crippen molar-refractivity contribution in [2.75, 3.05) is 25.5 Å². The second kappa shape index (κ2) is 9.68. The molecule has 0 unspecified atom stereocenters. The van der Waals surface area contributed by atoms with E-state index < -0.39 is 0 Å². The average Bonchev–Trinajstić information content (AvgIpc) is 2.62. The molecule has 0 saturated carbocycles. The van der Waals surface area contributed by atoms with E-state index >= 15 is 0 Å². The predicted octanol–water partition coefficient (Wildman–Crippen LogP) is 3.46. The Labute approximate surface area is 152 Å². The number of rotatable bonds is 8. The third-order valence-corrected chi connectivity index (χ3v) is 3.62. The third-order valence-electron chi connectivity index (χ3n) is 3.62. The number of likely N-dealkylation sites (N-methyl/N-ethyl adjacent to an activating group) is 1. The topological polar surface area (TPSA) is 58.6 Å². The molecule has 0 atom stereocenters. The molecule has 0 saturated heterocycles. The van der Waals surface area contributed by atoms with Crippen LogP contribution in [0, 0.1) is 5.82 Å². The van der Waals surface area contributed by atoms with Gasteiger partial charge in [-0.1, -0.05) is 19.1 Å². The van der Waals surface area contributed by atoms with Crippen molar-refractivity contribution in [1.29, 1.82) is 0 Å². The Morgan fingerprint density at radius 1 is 1.08 bits per heavy atom. The van der Waals surface area contributed by atoms with Crippen molar-refractivity contribution in [1.82, 2.24) is 4.90 Å². The lowest BCUT2D eigenvalue weighted by atomic mass is 10.2. The zero-order valence-corrected chi connectivity index (χ0v) is 15.0. The van der Waals surface area contributed by atoms with Crippen LogP contribution in [0.1, 0.15) is 29.3 Å². The molecule has 5 nitrogen and oxygen atoms in total. The first-order valence-corrected chi connectivity index (χ1v) is 8.48. The van der Waals surface area contributed by atoms with Crippen LogP contribution in [0.15, 0.2) is 48.5 Å². The van der Waals surface area contributed by atoms with Crippen LogP contribution >= 0.6 is 0 Å². The summed E-state index contributed by atoms with van der Waals surface area (Å²) in [5.41, 5.74) is 1.98. The van der Waals surface area contributed by atoms with Crippen LogP contribution in [0.5, 0.6) is 0 Å². The molecule has 6 heteroatoms. The fourth-order valence-electron chi connectivity index (χ4n) is 2.37. The van der Waals surface area contributed by atoms with Crippen LogP contribution in [0.4, 0.5) is 10.1 Å². The number of nitrogens with one attached hydrogen (secondary N) is 1. The van der Waals surface area contributed by atoms with Gasteiger partial charge in [-0.05, 0) is 55.4 Å². The summed E-state index contributed by atoms with van der Waals surface area (Å²) in [6.07, 6.45) is 0.769. The Morgan fingerprint density at radius 2 is 1.73 bits per heavy atom. The summed E-state index contributed by atoms with van der Waals surface area (Å²) in [5, 5.41) is 2.78. The fraction of sp³-hybridized carbons (Fsp3) is 0.300. The molecule has 1 N–H and O–H groups in total. The number of carbonyl (C=O) groups is 2. The molecule has 138 valence electrons. The lowest BCUT2D eigenvalue weighted by Gasteiger charge is -2.16. The molecule has 2 rings (SSSR count). The lowest BCUT2D eigenvalue weighted by Crippen LogP contribution is -2.29. The summed E-state index contributed by atoms with van der Waals surface area (Å²) in [4.78, 5) is 25.7. The van der Waals surface area contributed by atoms with Gasteiger partial charge in [0.2, 0.25) is 5.91 Å². The Kier molecular flexibility index (Phi) is 7.29. The van der Waals surface area contributed by atoms with Crippen molar-refractivity contribution in [2.24, 2.45) is 0 Å². The van der Waals surface area contributed by atoms with Crippen molar-refractivity contribution in [3.8, 4) is 0 Å². The molecule has 2 aromatic carbocycles. The number of nitrogens with zero attached hydrogens (tertiary/aromatic N) is 1. The number of benzene rings is 2. The Bertz CT molecular complexity index is 730. The average molecular weight is 358 g/mol. The number of hydrogen-bond donors (Lipinski definition) is 1. The molecule has 0 aromatic heterocycles. The van der Waals surface area contributed by atoms with Crippen LogP contribution in [0.2, 0.25) is 0 Å².